The van der Waals surface area contributed by atoms with E-state index in [0.717, 1.165) is 11.1 Å². The van der Waals surface area contributed by atoms with Crippen LogP contribution in [0.2, 0.25) is 0 Å². The summed E-state index contributed by atoms with van der Waals surface area (Å²) >= 11 is 0. The van der Waals surface area contributed by atoms with E-state index in [1.54, 1.807) is 19.1 Å². The van der Waals surface area contributed by atoms with Crippen molar-refractivity contribution in [1.29, 1.82) is 0 Å². The van der Waals surface area contributed by atoms with Gasteiger partial charge in [-0.15, -0.1) is 0 Å². The molecule has 1 unspecified atom stereocenters. The van der Waals surface area contributed by atoms with E-state index >= 15 is 0 Å². The van der Waals surface area contributed by atoms with Gasteiger partial charge in [0.25, 0.3) is 20.2 Å². The molecule has 3 aromatic rings. The van der Waals surface area contributed by atoms with Crippen molar-refractivity contribution < 1.29 is 30.7 Å². The van der Waals surface area contributed by atoms with Gasteiger partial charge in [-0.3, -0.25) is 9.11 Å². The van der Waals surface area contributed by atoms with Crippen LogP contribution < -0.4 is 10.1 Å². The zero-order valence-electron chi connectivity index (χ0n) is 18.2. The molecular weight excluding hydrogens is 524 g/mol. The van der Waals surface area contributed by atoms with Gasteiger partial charge >= 0.3 is 59.1 Å². The van der Waals surface area contributed by atoms with Crippen LogP contribution in [0.25, 0.3) is 12.2 Å². The molecule has 0 spiro atoms. The van der Waals surface area contributed by atoms with Crippen molar-refractivity contribution in [3.8, 4) is 5.75 Å². The second-order valence-corrected chi connectivity index (χ2v) is 10.5. The molecule has 12 heteroatoms. The zero-order chi connectivity index (χ0) is 24.5. The van der Waals surface area contributed by atoms with Gasteiger partial charge in [-0.25, -0.2) is 0 Å². The first kappa shape index (κ1) is 31.2. The molecule has 0 bridgehead atoms. The van der Waals surface area contributed by atoms with E-state index in [4.69, 9.17) is 4.74 Å². The third kappa shape index (κ3) is 7.09. The van der Waals surface area contributed by atoms with Gasteiger partial charge in [0, 0.05) is 12.6 Å². The van der Waals surface area contributed by atoms with E-state index in [2.05, 4.69) is 5.32 Å². The SMILES string of the molecule is CCOc1ccc(C=Cc2ccc(C3NCc4ccccc43)cc2S(=O)(=O)O)c(S(=O)(=O)O)c1.[NaH].[NaH]. The summed E-state index contributed by atoms with van der Waals surface area (Å²) < 4.78 is 72.9. The van der Waals surface area contributed by atoms with Crippen LogP contribution in [-0.4, -0.2) is 91.7 Å². The predicted octanol–water partition coefficient (Wildman–Crippen LogP) is 2.64. The van der Waals surface area contributed by atoms with Gasteiger partial charge < -0.3 is 10.1 Å². The fourth-order valence-electron chi connectivity index (χ4n) is 4.00. The Kier molecular flexibility index (Phi) is 11.0. The van der Waals surface area contributed by atoms with Gasteiger partial charge in [0.2, 0.25) is 0 Å². The van der Waals surface area contributed by atoms with E-state index in [1.807, 2.05) is 24.3 Å². The predicted molar refractivity (Wildman–Crippen MR) is 142 cm³/mol. The summed E-state index contributed by atoms with van der Waals surface area (Å²) in [7, 11) is -9.16. The summed E-state index contributed by atoms with van der Waals surface area (Å²) in [5.41, 5.74) is 3.09. The van der Waals surface area contributed by atoms with Crippen LogP contribution in [-0.2, 0) is 26.8 Å². The molecule has 0 radical (unpaired) electrons. The second-order valence-electron chi connectivity index (χ2n) is 7.73. The molecule has 0 saturated heterocycles. The normalized spacial score (nSPS) is 15.1. The Labute approximate surface area is 255 Å². The molecule has 182 valence electrons. The monoisotopic (exact) mass is 549 g/mol. The maximum absolute atomic E-state index is 12.2. The van der Waals surface area contributed by atoms with Crippen molar-refractivity contribution in [2.45, 2.75) is 29.3 Å². The van der Waals surface area contributed by atoms with E-state index in [9.17, 15) is 25.9 Å². The first-order valence-electron chi connectivity index (χ1n) is 10.4. The van der Waals surface area contributed by atoms with Crippen LogP contribution >= 0.6 is 0 Å². The third-order valence-corrected chi connectivity index (χ3v) is 7.35. The maximum atomic E-state index is 12.2. The van der Waals surface area contributed by atoms with Gasteiger partial charge in [0.05, 0.1) is 12.6 Å². The van der Waals surface area contributed by atoms with Crippen molar-refractivity contribution in [2.75, 3.05) is 6.61 Å². The molecule has 1 heterocycles. The van der Waals surface area contributed by atoms with Crippen LogP contribution in [0, 0.1) is 0 Å². The molecule has 1 atom stereocenters. The molecule has 3 aromatic carbocycles. The molecule has 1 aliphatic heterocycles. The Bertz CT molecular complexity index is 1490. The van der Waals surface area contributed by atoms with Crippen LogP contribution in [0.3, 0.4) is 0 Å². The fourth-order valence-corrected chi connectivity index (χ4v) is 5.42. The Balaban J connectivity index is 0.00000228. The number of benzene rings is 3. The van der Waals surface area contributed by atoms with E-state index in [0.29, 0.717) is 18.7 Å². The third-order valence-electron chi connectivity index (χ3n) is 5.53. The summed E-state index contributed by atoms with van der Waals surface area (Å²) in [4.78, 5) is -0.696. The second kappa shape index (κ2) is 12.7. The Hall–Kier alpha value is -1.02. The number of hydrogen-bond donors (Lipinski definition) is 3. The first-order valence-corrected chi connectivity index (χ1v) is 13.3. The van der Waals surface area contributed by atoms with E-state index in [-0.39, 0.29) is 91.8 Å². The molecule has 0 aliphatic carbocycles. The minimum absolute atomic E-state index is 0. The van der Waals surface area contributed by atoms with Gasteiger partial charge in [0.15, 0.2) is 0 Å². The van der Waals surface area contributed by atoms with Crippen LogP contribution in [0.4, 0.5) is 0 Å². The van der Waals surface area contributed by atoms with Crippen molar-refractivity contribution in [2.24, 2.45) is 0 Å². The summed E-state index contributed by atoms with van der Waals surface area (Å²) in [6.07, 6.45) is 2.72. The van der Waals surface area contributed by atoms with Gasteiger partial charge in [0.1, 0.15) is 15.5 Å². The number of fused-ring (bicyclic) bond motifs is 1. The molecule has 36 heavy (non-hydrogen) atoms. The summed E-state index contributed by atoms with van der Waals surface area (Å²) in [5.74, 6) is 0.264. The van der Waals surface area contributed by atoms with Crippen molar-refractivity contribution in [1.82, 2.24) is 5.32 Å². The van der Waals surface area contributed by atoms with Crippen LogP contribution in [0.5, 0.6) is 5.75 Å². The van der Waals surface area contributed by atoms with Gasteiger partial charge in [-0.2, -0.15) is 16.8 Å². The minimum atomic E-state index is -4.59. The number of rotatable bonds is 7. The fraction of sp³-hybridized carbons (Fsp3) is 0.167. The van der Waals surface area contributed by atoms with E-state index < -0.39 is 20.2 Å². The Morgan fingerprint density at radius 2 is 1.47 bits per heavy atom. The quantitative estimate of drug-likeness (QED) is 0.233. The first-order chi connectivity index (χ1) is 16.1. The molecule has 0 amide bonds. The summed E-state index contributed by atoms with van der Waals surface area (Å²) in [5, 5.41) is 3.33. The molecule has 0 aromatic heterocycles. The molecule has 8 nitrogen and oxygen atoms in total. The standard InChI is InChI=1S/C24H23NO7S2.2Na.2H/c1-2-32-20-12-11-17(23(14-20)34(29,30)31)8-7-16-9-10-18(13-22(16)33(26,27)28)24-21-6-4-3-5-19(21)15-25-24;;;;/h3-14,24-25H,2,15H2,1H3,(H,26,27,28)(H,29,30,31);;;;. The molecule has 3 N–H and O–H groups in total. The van der Waals surface area contributed by atoms with Crippen LogP contribution in [0.1, 0.15) is 40.8 Å². The van der Waals surface area contributed by atoms with Crippen LogP contribution in [0.15, 0.2) is 70.5 Å². The summed E-state index contributed by atoms with van der Waals surface area (Å²) in [6, 6.07) is 16.4. The average molecular weight is 550 g/mol. The van der Waals surface area contributed by atoms with Gasteiger partial charge in [-0.05, 0) is 52.9 Å². The van der Waals surface area contributed by atoms with Gasteiger partial charge in [-0.1, -0.05) is 48.6 Å². The molecule has 1 aliphatic rings. The average Bonchev–Trinajstić information content (AvgIpc) is 3.21. The number of ether oxygens (including phenoxy) is 1. The number of hydrogen-bond acceptors (Lipinski definition) is 6. The Morgan fingerprint density at radius 3 is 2.08 bits per heavy atom. The molecule has 4 rings (SSSR count). The molecular formula is C24H25NNa2O7S2. The topological polar surface area (TPSA) is 130 Å². The zero-order valence-corrected chi connectivity index (χ0v) is 19.8. The Morgan fingerprint density at radius 1 is 0.889 bits per heavy atom. The van der Waals surface area contributed by atoms with Crippen molar-refractivity contribution in [3.63, 3.8) is 0 Å². The van der Waals surface area contributed by atoms with Crippen molar-refractivity contribution >= 4 is 91.5 Å². The molecule has 0 fully saturated rings. The van der Waals surface area contributed by atoms with E-state index in [1.165, 1.54) is 36.4 Å². The van der Waals surface area contributed by atoms with Crippen molar-refractivity contribution in [3.05, 3.63) is 88.5 Å². The number of nitrogens with one attached hydrogen (secondary N) is 1. The molecule has 0 saturated carbocycles. The summed E-state index contributed by atoms with van der Waals surface area (Å²) in [6.45, 7) is 2.69.